The quantitative estimate of drug-likeness (QED) is 0.672. The topological polar surface area (TPSA) is 116 Å². The van der Waals surface area contributed by atoms with Crippen LogP contribution in [0.3, 0.4) is 0 Å². The maximum Gasteiger partial charge on any atom is 0.342 e. The number of anilines is 3. The summed E-state index contributed by atoms with van der Waals surface area (Å²) in [5.74, 6) is 1.21. The molecule has 0 radical (unpaired) electrons. The molecule has 0 saturated carbocycles. The number of nitrogens with one attached hydrogen (secondary N) is 1. The number of nitrogen functional groups attached to an aromatic ring is 1. The zero-order valence-electron chi connectivity index (χ0n) is 14.7. The van der Waals surface area contributed by atoms with E-state index in [1.807, 2.05) is 31.2 Å². The van der Waals surface area contributed by atoms with Gasteiger partial charge in [0.1, 0.15) is 17.1 Å². The molecule has 26 heavy (non-hydrogen) atoms. The number of hydrogen-bond acceptors (Lipinski definition) is 8. The van der Waals surface area contributed by atoms with E-state index in [0.29, 0.717) is 17.1 Å². The number of nitrogens with zero attached hydrogens (tertiary/aromatic N) is 3. The molecule has 3 N–H and O–H groups in total. The van der Waals surface area contributed by atoms with Gasteiger partial charge in [-0.25, -0.2) is 4.79 Å². The molecule has 0 aliphatic rings. The Morgan fingerprint density at radius 1 is 1.19 bits per heavy atom. The van der Waals surface area contributed by atoms with Gasteiger partial charge in [-0.15, -0.1) is 0 Å². The number of para-hydroxylation sites is 1. The highest BCUT2D eigenvalue weighted by Gasteiger charge is 2.16. The summed E-state index contributed by atoms with van der Waals surface area (Å²) in [6.07, 6.45) is 0. The largest absolute Gasteiger partial charge is 0.466 e. The molecule has 1 aromatic carbocycles. The van der Waals surface area contributed by atoms with Gasteiger partial charge >= 0.3 is 5.97 Å². The number of aryl methyl sites for hydroxylation is 3. The molecular weight excluding hydrogens is 334 g/mol. The molecule has 0 unspecified atom stereocenters. The normalized spacial score (nSPS) is 10.6. The lowest BCUT2D eigenvalue weighted by Gasteiger charge is -2.09. The Balaban J connectivity index is 1.72. The van der Waals surface area contributed by atoms with Gasteiger partial charge in [0.2, 0.25) is 11.9 Å². The molecule has 0 saturated heterocycles. The first-order valence-corrected chi connectivity index (χ1v) is 7.99. The third-order valence-electron chi connectivity index (χ3n) is 3.68. The first-order chi connectivity index (χ1) is 12.4. The van der Waals surface area contributed by atoms with Crippen LogP contribution in [-0.4, -0.2) is 20.9 Å². The maximum atomic E-state index is 12.2. The molecule has 3 aromatic rings. The minimum absolute atomic E-state index is 0.0393. The number of esters is 1. The second-order valence-corrected chi connectivity index (χ2v) is 5.78. The number of ether oxygens (including phenoxy) is 1. The van der Waals surface area contributed by atoms with Crippen molar-refractivity contribution >= 4 is 23.6 Å². The van der Waals surface area contributed by atoms with Gasteiger partial charge in [0.05, 0.1) is 0 Å². The Kier molecular flexibility index (Phi) is 4.83. The van der Waals surface area contributed by atoms with Crippen molar-refractivity contribution in [2.24, 2.45) is 0 Å². The summed E-state index contributed by atoms with van der Waals surface area (Å²) >= 11 is 0. The molecule has 2 aromatic heterocycles. The standard InChI is InChI=1S/C18H19N5O3/c1-10-6-4-5-7-14(10)20-18-22-15(21-17(19)23-18)9-25-16(24)13-8-11(2)26-12(13)3/h4-8H,9H2,1-3H3,(H3,19,20,21,22,23). The summed E-state index contributed by atoms with van der Waals surface area (Å²) < 4.78 is 10.6. The smallest absolute Gasteiger partial charge is 0.342 e. The average molecular weight is 353 g/mol. The zero-order valence-corrected chi connectivity index (χ0v) is 14.7. The highest BCUT2D eigenvalue weighted by atomic mass is 16.5. The van der Waals surface area contributed by atoms with E-state index in [1.165, 1.54) is 0 Å². The Bertz CT molecular complexity index is 952. The van der Waals surface area contributed by atoms with Crippen LogP contribution in [0.15, 0.2) is 34.7 Å². The van der Waals surface area contributed by atoms with Gasteiger partial charge in [0.15, 0.2) is 12.4 Å². The number of carbonyl (C=O) groups excluding carboxylic acids is 1. The monoisotopic (exact) mass is 353 g/mol. The molecule has 0 atom stereocenters. The first kappa shape index (κ1) is 17.4. The summed E-state index contributed by atoms with van der Waals surface area (Å²) in [6.45, 7) is 5.30. The number of benzene rings is 1. The van der Waals surface area contributed by atoms with E-state index >= 15 is 0 Å². The van der Waals surface area contributed by atoms with Gasteiger partial charge in [-0.05, 0) is 38.5 Å². The van der Waals surface area contributed by atoms with E-state index in [4.69, 9.17) is 14.9 Å². The van der Waals surface area contributed by atoms with Crippen molar-refractivity contribution in [1.82, 2.24) is 15.0 Å². The molecule has 3 rings (SSSR count). The van der Waals surface area contributed by atoms with Crippen LogP contribution in [0.1, 0.15) is 33.3 Å². The Hall–Kier alpha value is -3.42. The Morgan fingerprint density at radius 3 is 2.65 bits per heavy atom. The number of aromatic nitrogens is 3. The van der Waals surface area contributed by atoms with Crippen molar-refractivity contribution in [2.75, 3.05) is 11.1 Å². The molecule has 0 spiro atoms. The fourth-order valence-electron chi connectivity index (χ4n) is 2.43. The first-order valence-electron chi connectivity index (χ1n) is 7.99. The lowest BCUT2D eigenvalue weighted by atomic mass is 10.2. The van der Waals surface area contributed by atoms with E-state index in [-0.39, 0.29) is 24.3 Å². The van der Waals surface area contributed by atoms with Crippen molar-refractivity contribution in [3.05, 3.63) is 58.8 Å². The highest BCUT2D eigenvalue weighted by molar-refractivity contribution is 5.90. The summed E-state index contributed by atoms with van der Waals surface area (Å²) in [7, 11) is 0. The van der Waals surface area contributed by atoms with Gasteiger partial charge in [0.25, 0.3) is 0 Å². The molecule has 134 valence electrons. The predicted molar refractivity (Wildman–Crippen MR) is 96.0 cm³/mol. The summed E-state index contributed by atoms with van der Waals surface area (Å²) in [5.41, 5.74) is 8.00. The lowest BCUT2D eigenvalue weighted by molar-refractivity contribution is 0.0460. The van der Waals surface area contributed by atoms with E-state index in [2.05, 4.69) is 20.3 Å². The second-order valence-electron chi connectivity index (χ2n) is 5.78. The number of carbonyl (C=O) groups is 1. The van der Waals surface area contributed by atoms with Crippen molar-refractivity contribution in [1.29, 1.82) is 0 Å². The zero-order chi connectivity index (χ0) is 18.7. The minimum atomic E-state index is -0.508. The van der Waals surface area contributed by atoms with Crippen molar-refractivity contribution < 1.29 is 13.9 Å². The highest BCUT2D eigenvalue weighted by Crippen LogP contribution is 2.18. The molecule has 8 heteroatoms. The molecular formula is C18H19N5O3. The molecule has 0 bridgehead atoms. The third kappa shape index (κ3) is 3.97. The maximum absolute atomic E-state index is 12.2. The molecule has 0 aliphatic carbocycles. The molecule has 2 heterocycles. The van der Waals surface area contributed by atoms with Gasteiger partial charge in [-0.1, -0.05) is 18.2 Å². The van der Waals surface area contributed by atoms with Crippen molar-refractivity contribution in [3.8, 4) is 0 Å². The van der Waals surface area contributed by atoms with Crippen LogP contribution in [0.2, 0.25) is 0 Å². The van der Waals surface area contributed by atoms with Crippen LogP contribution in [0.5, 0.6) is 0 Å². The van der Waals surface area contributed by atoms with Crippen LogP contribution in [0.4, 0.5) is 17.6 Å². The van der Waals surface area contributed by atoms with Crippen LogP contribution in [0.25, 0.3) is 0 Å². The number of rotatable bonds is 5. The predicted octanol–water partition coefficient (Wildman–Crippen LogP) is 3.07. The number of nitrogens with two attached hydrogens (primary N) is 1. The van der Waals surface area contributed by atoms with E-state index < -0.39 is 5.97 Å². The number of hydrogen-bond donors (Lipinski definition) is 2. The average Bonchev–Trinajstić information content (AvgIpc) is 2.93. The third-order valence-corrected chi connectivity index (χ3v) is 3.68. The van der Waals surface area contributed by atoms with Gasteiger partial charge in [0, 0.05) is 5.69 Å². The fourth-order valence-corrected chi connectivity index (χ4v) is 2.43. The van der Waals surface area contributed by atoms with Gasteiger partial charge < -0.3 is 20.2 Å². The molecule has 0 fully saturated rings. The minimum Gasteiger partial charge on any atom is -0.466 e. The van der Waals surface area contributed by atoms with Crippen molar-refractivity contribution in [2.45, 2.75) is 27.4 Å². The molecule has 8 nitrogen and oxygen atoms in total. The Labute approximate surface area is 150 Å². The summed E-state index contributed by atoms with van der Waals surface area (Å²) in [4.78, 5) is 24.5. The van der Waals surface area contributed by atoms with E-state index in [0.717, 1.165) is 11.3 Å². The summed E-state index contributed by atoms with van der Waals surface area (Å²) in [6, 6.07) is 9.33. The van der Waals surface area contributed by atoms with Crippen LogP contribution in [-0.2, 0) is 11.3 Å². The van der Waals surface area contributed by atoms with Crippen LogP contribution < -0.4 is 11.1 Å². The Morgan fingerprint density at radius 2 is 1.96 bits per heavy atom. The van der Waals surface area contributed by atoms with Crippen LogP contribution >= 0.6 is 0 Å². The summed E-state index contributed by atoms with van der Waals surface area (Å²) in [5, 5.41) is 3.09. The van der Waals surface area contributed by atoms with E-state index in [9.17, 15) is 4.79 Å². The number of furan rings is 1. The second kappa shape index (κ2) is 7.22. The molecule has 0 aliphatic heterocycles. The van der Waals surface area contributed by atoms with Gasteiger partial charge in [-0.2, -0.15) is 15.0 Å². The van der Waals surface area contributed by atoms with Crippen LogP contribution in [0, 0.1) is 20.8 Å². The van der Waals surface area contributed by atoms with E-state index in [1.54, 1.807) is 19.9 Å². The van der Waals surface area contributed by atoms with Crippen molar-refractivity contribution in [3.63, 3.8) is 0 Å². The fraction of sp³-hybridized carbons (Fsp3) is 0.222. The molecule has 0 amide bonds. The van der Waals surface area contributed by atoms with Gasteiger partial charge in [-0.3, -0.25) is 0 Å². The SMILES string of the molecule is Cc1cc(C(=O)OCc2nc(N)nc(Nc3ccccc3C)n2)c(C)o1. The lowest BCUT2D eigenvalue weighted by Crippen LogP contribution is -2.11.